The van der Waals surface area contributed by atoms with E-state index in [1.165, 1.54) is 0 Å². The molecule has 0 aromatic carbocycles. The molecule has 2 rings (SSSR count). The first-order chi connectivity index (χ1) is 7.75. The van der Waals surface area contributed by atoms with Crippen molar-refractivity contribution in [3.63, 3.8) is 0 Å². The molecule has 1 aromatic heterocycles. The number of aromatic nitrogens is 1. The average Bonchev–Trinajstić information content (AvgIpc) is 2.30. The molecule has 0 spiro atoms. The Bertz CT molecular complexity index is 353. The molecule has 16 heavy (non-hydrogen) atoms. The highest BCUT2D eigenvalue weighted by Gasteiger charge is 2.25. The third kappa shape index (κ3) is 2.79. The number of nitrogens with two attached hydrogens (primary N) is 1. The fourth-order valence-electron chi connectivity index (χ4n) is 2.13. The minimum atomic E-state index is 0.0470. The summed E-state index contributed by atoms with van der Waals surface area (Å²) < 4.78 is 0. The molecule has 2 unspecified atom stereocenters. The quantitative estimate of drug-likeness (QED) is 0.792. The van der Waals surface area contributed by atoms with Gasteiger partial charge in [0.2, 0.25) is 5.91 Å². The molecule has 1 heterocycles. The SMILES string of the molecule is NC1CCCC(C(=O)Nc2ccccn2)C1. The fraction of sp³-hybridized carbons (Fsp3) is 0.500. The molecule has 1 amide bonds. The van der Waals surface area contributed by atoms with Crippen LogP contribution in [0.15, 0.2) is 24.4 Å². The molecule has 4 nitrogen and oxygen atoms in total. The lowest BCUT2D eigenvalue weighted by Gasteiger charge is -2.25. The number of pyridine rings is 1. The van der Waals surface area contributed by atoms with Gasteiger partial charge < -0.3 is 11.1 Å². The number of carbonyl (C=O) groups is 1. The van der Waals surface area contributed by atoms with Crippen LogP contribution in [0, 0.1) is 5.92 Å². The highest BCUT2D eigenvalue weighted by Crippen LogP contribution is 2.24. The van der Waals surface area contributed by atoms with Crippen molar-refractivity contribution >= 4 is 11.7 Å². The van der Waals surface area contributed by atoms with E-state index in [0.29, 0.717) is 5.82 Å². The molecule has 1 aliphatic rings. The second-order valence-electron chi connectivity index (χ2n) is 4.33. The smallest absolute Gasteiger partial charge is 0.228 e. The predicted molar refractivity (Wildman–Crippen MR) is 62.8 cm³/mol. The van der Waals surface area contributed by atoms with Gasteiger partial charge in [-0.1, -0.05) is 12.5 Å². The number of hydrogen-bond donors (Lipinski definition) is 2. The van der Waals surface area contributed by atoms with Gasteiger partial charge in [-0.25, -0.2) is 4.98 Å². The first-order valence-corrected chi connectivity index (χ1v) is 5.73. The van der Waals surface area contributed by atoms with Gasteiger partial charge in [-0.3, -0.25) is 4.79 Å². The number of carbonyl (C=O) groups excluding carboxylic acids is 1. The molecule has 3 N–H and O–H groups in total. The van der Waals surface area contributed by atoms with E-state index in [-0.39, 0.29) is 17.9 Å². The van der Waals surface area contributed by atoms with Gasteiger partial charge in [-0.2, -0.15) is 0 Å². The molecular formula is C12H17N3O. The van der Waals surface area contributed by atoms with Gasteiger partial charge in [0, 0.05) is 18.2 Å². The number of anilines is 1. The van der Waals surface area contributed by atoms with Gasteiger partial charge in [0.15, 0.2) is 0 Å². The van der Waals surface area contributed by atoms with Crippen molar-refractivity contribution in [3.8, 4) is 0 Å². The summed E-state index contributed by atoms with van der Waals surface area (Å²) in [5.41, 5.74) is 5.86. The minimum absolute atomic E-state index is 0.0470. The Balaban J connectivity index is 1.93. The number of hydrogen-bond acceptors (Lipinski definition) is 3. The third-order valence-electron chi connectivity index (χ3n) is 3.00. The standard InChI is InChI=1S/C12H17N3O/c13-10-5-3-4-9(8-10)12(16)15-11-6-1-2-7-14-11/h1-2,6-7,9-10H,3-5,8,13H2,(H,14,15,16). The summed E-state index contributed by atoms with van der Waals surface area (Å²) >= 11 is 0. The van der Waals surface area contributed by atoms with Crippen LogP contribution < -0.4 is 11.1 Å². The summed E-state index contributed by atoms with van der Waals surface area (Å²) in [4.78, 5) is 16.0. The summed E-state index contributed by atoms with van der Waals surface area (Å²) in [6, 6.07) is 5.65. The summed E-state index contributed by atoms with van der Waals surface area (Å²) in [5, 5.41) is 2.83. The highest BCUT2D eigenvalue weighted by molar-refractivity contribution is 5.91. The van der Waals surface area contributed by atoms with Gasteiger partial charge in [0.25, 0.3) is 0 Å². The summed E-state index contributed by atoms with van der Waals surface area (Å²) in [6.45, 7) is 0. The topological polar surface area (TPSA) is 68.0 Å². The van der Waals surface area contributed by atoms with Crippen molar-refractivity contribution in [2.24, 2.45) is 11.7 Å². The van der Waals surface area contributed by atoms with Crippen LogP contribution in [0.1, 0.15) is 25.7 Å². The average molecular weight is 219 g/mol. The van der Waals surface area contributed by atoms with E-state index in [4.69, 9.17) is 5.73 Å². The normalized spacial score (nSPS) is 25.1. The van der Waals surface area contributed by atoms with Crippen molar-refractivity contribution < 1.29 is 4.79 Å². The van der Waals surface area contributed by atoms with Crippen LogP contribution >= 0.6 is 0 Å². The summed E-state index contributed by atoms with van der Waals surface area (Å²) in [5.74, 6) is 0.714. The van der Waals surface area contributed by atoms with Crippen molar-refractivity contribution in [1.82, 2.24) is 4.98 Å². The van der Waals surface area contributed by atoms with Crippen LogP contribution in [0.5, 0.6) is 0 Å². The van der Waals surface area contributed by atoms with Crippen molar-refractivity contribution in [2.45, 2.75) is 31.7 Å². The maximum Gasteiger partial charge on any atom is 0.228 e. The molecule has 0 aliphatic heterocycles. The zero-order valence-corrected chi connectivity index (χ0v) is 9.23. The van der Waals surface area contributed by atoms with Crippen LogP contribution in [0.25, 0.3) is 0 Å². The molecule has 86 valence electrons. The number of nitrogens with zero attached hydrogens (tertiary/aromatic N) is 1. The van der Waals surface area contributed by atoms with Crippen LogP contribution in [0.4, 0.5) is 5.82 Å². The third-order valence-corrected chi connectivity index (χ3v) is 3.00. The first-order valence-electron chi connectivity index (χ1n) is 5.73. The van der Waals surface area contributed by atoms with E-state index in [2.05, 4.69) is 10.3 Å². The number of amides is 1. The zero-order valence-electron chi connectivity index (χ0n) is 9.23. The second-order valence-corrected chi connectivity index (χ2v) is 4.33. The molecular weight excluding hydrogens is 202 g/mol. The van der Waals surface area contributed by atoms with Gasteiger partial charge in [-0.15, -0.1) is 0 Å². The Morgan fingerprint density at radius 3 is 3.00 bits per heavy atom. The Labute approximate surface area is 95.3 Å². The Morgan fingerprint density at radius 2 is 2.31 bits per heavy atom. The van der Waals surface area contributed by atoms with E-state index < -0.39 is 0 Å². The van der Waals surface area contributed by atoms with E-state index in [1.54, 1.807) is 12.3 Å². The highest BCUT2D eigenvalue weighted by atomic mass is 16.1. The molecule has 1 aromatic rings. The van der Waals surface area contributed by atoms with Crippen LogP contribution in [0.2, 0.25) is 0 Å². The molecule has 0 saturated heterocycles. The molecule has 1 saturated carbocycles. The predicted octanol–water partition coefficient (Wildman–Crippen LogP) is 1.54. The first kappa shape index (κ1) is 11.1. The monoisotopic (exact) mass is 219 g/mol. The van der Waals surface area contributed by atoms with Crippen LogP contribution in [0.3, 0.4) is 0 Å². The summed E-state index contributed by atoms with van der Waals surface area (Å²) in [7, 11) is 0. The molecule has 0 radical (unpaired) electrons. The molecule has 2 atom stereocenters. The Kier molecular flexibility index (Phi) is 3.51. The van der Waals surface area contributed by atoms with Gasteiger partial charge >= 0.3 is 0 Å². The minimum Gasteiger partial charge on any atom is -0.328 e. The van der Waals surface area contributed by atoms with Crippen molar-refractivity contribution in [2.75, 3.05) is 5.32 Å². The lowest BCUT2D eigenvalue weighted by molar-refractivity contribution is -0.120. The lowest BCUT2D eigenvalue weighted by Crippen LogP contribution is -2.34. The van der Waals surface area contributed by atoms with E-state index >= 15 is 0 Å². The fourth-order valence-corrected chi connectivity index (χ4v) is 2.13. The van der Waals surface area contributed by atoms with Gasteiger partial charge in [0.1, 0.15) is 5.82 Å². The van der Waals surface area contributed by atoms with E-state index in [0.717, 1.165) is 25.7 Å². The number of nitrogens with one attached hydrogen (secondary N) is 1. The van der Waals surface area contributed by atoms with Crippen LogP contribution in [-0.4, -0.2) is 16.9 Å². The summed E-state index contributed by atoms with van der Waals surface area (Å²) in [6.07, 6.45) is 5.47. The molecule has 1 fully saturated rings. The number of rotatable bonds is 2. The maximum atomic E-state index is 11.9. The van der Waals surface area contributed by atoms with Crippen molar-refractivity contribution in [3.05, 3.63) is 24.4 Å². The Hall–Kier alpha value is -1.42. The van der Waals surface area contributed by atoms with Gasteiger partial charge in [0.05, 0.1) is 0 Å². The second kappa shape index (κ2) is 5.07. The zero-order chi connectivity index (χ0) is 11.4. The van der Waals surface area contributed by atoms with Crippen LogP contribution in [-0.2, 0) is 4.79 Å². The van der Waals surface area contributed by atoms with Gasteiger partial charge in [-0.05, 0) is 31.4 Å². The maximum absolute atomic E-state index is 11.9. The van der Waals surface area contributed by atoms with Crippen molar-refractivity contribution in [1.29, 1.82) is 0 Å². The van der Waals surface area contributed by atoms with E-state index in [9.17, 15) is 4.79 Å². The lowest BCUT2D eigenvalue weighted by atomic mass is 9.85. The molecule has 1 aliphatic carbocycles. The largest absolute Gasteiger partial charge is 0.328 e. The molecule has 4 heteroatoms. The Morgan fingerprint density at radius 1 is 1.44 bits per heavy atom. The molecule has 0 bridgehead atoms. The van der Waals surface area contributed by atoms with E-state index in [1.807, 2.05) is 12.1 Å².